The first kappa shape index (κ1) is 12.8. The van der Waals surface area contributed by atoms with E-state index in [1.54, 1.807) is 0 Å². The molecule has 0 atom stereocenters. The summed E-state index contributed by atoms with van der Waals surface area (Å²) >= 11 is 0. The maximum absolute atomic E-state index is 4.17. The molecule has 2 aromatic rings. The lowest BCUT2D eigenvalue weighted by Crippen LogP contribution is -2.13. The summed E-state index contributed by atoms with van der Waals surface area (Å²) in [6.07, 6.45) is 3.06. The molecule has 0 saturated heterocycles. The number of nitrogens with one attached hydrogen (secondary N) is 2. The topological polar surface area (TPSA) is 40.7 Å². The predicted octanol–water partition coefficient (Wildman–Crippen LogP) is 3.19. The molecule has 3 heteroatoms. The number of nitrogens with zero attached hydrogens (tertiary/aromatic N) is 1. The summed E-state index contributed by atoms with van der Waals surface area (Å²) in [6.45, 7) is 8.33. The minimum absolute atomic E-state index is 0.868. The highest BCUT2D eigenvalue weighted by Crippen LogP contribution is 2.23. The van der Waals surface area contributed by atoms with Gasteiger partial charge in [0.15, 0.2) is 0 Å². The Morgan fingerprint density at radius 1 is 1.17 bits per heavy atom. The number of hydrogen-bond acceptors (Lipinski definition) is 2. The van der Waals surface area contributed by atoms with Gasteiger partial charge in [-0.3, -0.25) is 5.10 Å². The second-order valence-corrected chi connectivity index (χ2v) is 4.82. The van der Waals surface area contributed by atoms with Gasteiger partial charge in [0.25, 0.3) is 0 Å². The summed E-state index contributed by atoms with van der Waals surface area (Å²) in [5.74, 6) is 0. The summed E-state index contributed by atoms with van der Waals surface area (Å²) in [7, 11) is 0. The fourth-order valence-corrected chi connectivity index (χ4v) is 2.21. The number of aromatic nitrogens is 2. The molecule has 2 rings (SSSR count). The quantitative estimate of drug-likeness (QED) is 0.792. The zero-order chi connectivity index (χ0) is 13.0. The Morgan fingerprint density at radius 2 is 1.89 bits per heavy atom. The standard InChI is InChI=1S/C15H21N3/c1-4-5-16-9-14-10-17-18-15(14)13-7-11(2)6-12(3)8-13/h6-8,10,16H,4-5,9H2,1-3H3,(H,17,18). The Kier molecular flexibility index (Phi) is 4.15. The van der Waals surface area contributed by atoms with Crippen LogP contribution in [-0.4, -0.2) is 16.7 Å². The molecule has 96 valence electrons. The molecular formula is C15H21N3. The first-order chi connectivity index (χ1) is 8.70. The molecule has 1 heterocycles. The van der Waals surface area contributed by atoms with Crippen molar-refractivity contribution in [1.82, 2.24) is 15.5 Å². The monoisotopic (exact) mass is 243 g/mol. The van der Waals surface area contributed by atoms with Gasteiger partial charge in [0.2, 0.25) is 0 Å². The van der Waals surface area contributed by atoms with Crippen LogP contribution in [0.2, 0.25) is 0 Å². The summed E-state index contributed by atoms with van der Waals surface area (Å²) in [5, 5.41) is 10.7. The zero-order valence-electron chi connectivity index (χ0n) is 11.4. The van der Waals surface area contributed by atoms with Gasteiger partial charge in [0.05, 0.1) is 11.9 Å². The van der Waals surface area contributed by atoms with Crippen molar-refractivity contribution in [3.63, 3.8) is 0 Å². The van der Waals surface area contributed by atoms with Crippen LogP contribution in [-0.2, 0) is 6.54 Å². The number of hydrogen-bond donors (Lipinski definition) is 2. The Morgan fingerprint density at radius 3 is 2.56 bits per heavy atom. The Balaban J connectivity index is 2.24. The Bertz CT molecular complexity index is 494. The lowest BCUT2D eigenvalue weighted by molar-refractivity contribution is 0.676. The smallest absolute Gasteiger partial charge is 0.0695 e. The van der Waals surface area contributed by atoms with Crippen LogP contribution in [0.1, 0.15) is 30.0 Å². The van der Waals surface area contributed by atoms with Gasteiger partial charge in [-0.15, -0.1) is 0 Å². The number of rotatable bonds is 5. The van der Waals surface area contributed by atoms with Gasteiger partial charge in [0.1, 0.15) is 0 Å². The largest absolute Gasteiger partial charge is 0.313 e. The summed E-state index contributed by atoms with van der Waals surface area (Å²) in [5.41, 5.74) is 6.15. The van der Waals surface area contributed by atoms with E-state index >= 15 is 0 Å². The van der Waals surface area contributed by atoms with Crippen molar-refractivity contribution in [1.29, 1.82) is 0 Å². The van der Waals surface area contributed by atoms with Gasteiger partial charge in [-0.2, -0.15) is 5.10 Å². The molecule has 0 spiro atoms. The van der Waals surface area contributed by atoms with Crippen LogP contribution in [0.3, 0.4) is 0 Å². The molecule has 0 radical (unpaired) electrons. The molecule has 1 aromatic heterocycles. The average molecular weight is 243 g/mol. The van der Waals surface area contributed by atoms with Gasteiger partial charge in [-0.05, 0) is 38.9 Å². The molecule has 3 nitrogen and oxygen atoms in total. The Hall–Kier alpha value is -1.61. The third-order valence-corrected chi connectivity index (χ3v) is 2.97. The van der Waals surface area contributed by atoms with Crippen LogP contribution < -0.4 is 5.32 Å². The first-order valence-electron chi connectivity index (χ1n) is 6.52. The van der Waals surface area contributed by atoms with Gasteiger partial charge in [-0.25, -0.2) is 0 Å². The molecule has 0 aliphatic carbocycles. The zero-order valence-corrected chi connectivity index (χ0v) is 11.4. The van der Waals surface area contributed by atoms with Crippen molar-refractivity contribution in [2.45, 2.75) is 33.7 Å². The van der Waals surface area contributed by atoms with Crippen LogP contribution in [0, 0.1) is 13.8 Å². The van der Waals surface area contributed by atoms with E-state index in [1.807, 2.05) is 6.20 Å². The van der Waals surface area contributed by atoms with Gasteiger partial charge in [-0.1, -0.05) is 24.1 Å². The third kappa shape index (κ3) is 2.99. The molecule has 2 N–H and O–H groups in total. The van der Waals surface area contributed by atoms with Gasteiger partial charge >= 0.3 is 0 Å². The highest BCUT2D eigenvalue weighted by atomic mass is 15.1. The van der Waals surface area contributed by atoms with E-state index in [1.165, 1.54) is 22.3 Å². The lowest BCUT2D eigenvalue weighted by Gasteiger charge is -2.07. The minimum atomic E-state index is 0.868. The van der Waals surface area contributed by atoms with Crippen molar-refractivity contribution < 1.29 is 0 Å². The number of benzene rings is 1. The van der Waals surface area contributed by atoms with Gasteiger partial charge < -0.3 is 5.32 Å². The summed E-state index contributed by atoms with van der Waals surface area (Å²) in [4.78, 5) is 0. The van der Waals surface area contributed by atoms with E-state index in [9.17, 15) is 0 Å². The lowest BCUT2D eigenvalue weighted by atomic mass is 10.0. The molecule has 0 saturated carbocycles. The van der Waals surface area contributed by atoms with Crippen molar-refractivity contribution >= 4 is 0 Å². The highest BCUT2D eigenvalue weighted by Gasteiger charge is 2.08. The van der Waals surface area contributed by atoms with E-state index in [2.05, 4.69) is 54.5 Å². The SMILES string of the molecule is CCCNCc1cn[nH]c1-c1cc(C)cc(C)c1. The fraction of sp³-hybridized carbons (Fsp3) is 0.400. The molecule has 0 amide bonds. The normalized spacial score (nSPS) is 10.8. The molecule has 0 unspecified atom stereocenters. The van der Waals surface area contributed by atoms with E-state index in [-0.39, 0.29) is 0 Å². The number of aromatic amines is 1. The Labute approximate surface area is 109 Å². The van der Waals surface area contributed by atoms with Crippen molar-refractivity contribution in [3.8, 4) is 11.3 Å². The van der Waals surface area contributed by atoms with Crippen LogP contribution in [0.4, 0.5) is 0 Å². The van der Waals surface area contributed by atoms with Crippen LogP contribution >= 0.6 is 0 Å². The second-order valence-electron chi connectivity index (χ2n) is 4.82. The molecule has 0 bridgehead atoms. The van der Waals surface area contributed by atoms with Crippen molar-refractivity contribution in [3.05, 3.63) is 41.1 Å². The van der Waals surface area contributed by atoms with E-state index in [0.29, 0.717) is 0 Å². The van der Waals surface area contributed by atoms with Crippen molar-refractivity contribution in [2.24, 2.45) is 0 Å². The highest BCUT2D eigenvalue weighted by molar-refractivity contribution is 5.64. The van der Waals surface area contributed by atoms with Gasteiger partial charge in [0, 0.05) is 17.7 Å². The third-order valence-electron chi connectivity index (χ3n) is 2.97. The van der Waals surface area contributed by atoms with Crippen LogP contribution in [0.15, 0.2) is 24.4 Å². The fourth-order valence-electron chi connectivity index (χ4n) is 2.21. The first-order valence-corrected chi connectivity index (χ1v) is 6.52. The maximum atomic E-state index is 4.17. The molecule has 1 aromatic carbocycles. The average Bonchev–Trinajstić information content (AvgIpc) is 2.76. The molecule has 0 aliphatic rings. The molecule has 0 fully saturated rings. The number of aryl methyl sites for hydroxylation is 2. The van der Waals surface area contributed by atoms with E-state index in [0.717, 1.165) is 25.2 Å². The van der Waals surface area contributed by atoms with Crippen molar-refractivity contribution in [2.75, 3.05) is 6.54 Å². The van der Waals surface area contributed by atoms with Crippen LogP contribution in [0.25, 0.3) is 11.3 Å². The van der Waals surface area contributed by atoms with E-state index < -0.39 is 0 Å². The number of H-pyrrole nitrogens is 1. The summed E-state index contributed by atoms with van der Waals surface area (Å²) in [6, 6.07) is 6.59. The van der Waals surface area contributed by atoms with E-state index in [4.69, 9.17) is 0 Å². The second kappa shape index (κ2) is 5.83. The molecule has 0 aliphatic heterocycles. The maximum Gasteiger partial charge on any atom is 0.0695 e. The minimum Gasteiger partial charge on any atom is -0.313 e. The molecular weight excluding hydrogens is 222 g/mol. The summed E-state index contributed by atoms with van der Waals surface area (Å²) < 4.78 is 0. The molecule has 18 heavy (non-hydrogen) atoms. The predicted molar refractivity (Wildman–Crippen MR) is 75.5 cm³/mol. The van der Waals surface area contributed by atoms with Crippen LogP contribution in [0.5, 0.6) is 0 Å².